The van der Waals surface area contributed by atoms with E-state index in [1.165, 1.54) is 6.42 Å². The molecule has 0 heterocycles. The third kappa shape index (κ3) is 4.08. The van der Waals surface area contributed by atoms with Crippen molar-refractivity contribution in [3.8, 4) is 5.75 Å². The van der Waals surface area contributed by atoms with Gasteiger partial charge in [0.25, 0.3) is 5.91 Å². The standard InChI is InChI=1S/C21H26ClNO4/c22-21-11-15-8-16(12-21)10-20(9-15,14-21)19(25)27-13-18(24)23-6-7-26-17-4-2-1-3-5-17/h1-5,15-16H,6-14H2,(H,23,24)/t15-,16+,20?,21?. The zero-order chi connectivity index (χ0) is 18.9. The summed E-state index contributed by atoms with van der Waals surface area (Å²) in [5, 5.41) is 2.72. The average Bonchev–Trinajstić information content (AvgIpc) is 2.62. The quantitative estimate of drug-likeness (QED) is 0.440. The van der Waals surface area contributed by atoms with E-state index in [1.807, 2.05) is 30.3 Å². The monoisotopic (exact) mass is 391 g/mol. The van der Waals surface area contributed by atoms with Gasteiger partial charge < -0.3 is 14.8 Å². The Bertz CT molecular complexity index is 693. The fourth-order valence-electron chi connectivity index (χ4n) is 5.60. The van der Waals surface area contributed by atoms with Crippen molar-refractivity contribution in [2.24, 2.45) is 17.3 Å². The highest BCUT2D eigenvalue weighted by Gasteiger charge is 2.60. The van der Waals surface area contributed by atoms with Gasteiger partial charge in [0.1, 0.15) is 12.4 Å². The van der Waals surface area contributed by atoms with Gasteiger partial charge in [0.05, 0.1) is 12.0 Å². The molecule has 6 heteroatoms. The van der Waals surface area contributed by atoms with Crippen LogP contribution in [-0.4, -0.2) is 36.5 Å². The number of benzene rings is 1. The first-order chi connectivity index (χ1) is 13.0. The summed E-state index contributed by atoms with van der Waals surface area (Å²) in [6, 6.07) is 9.42. The molecule has 1 aromatic rings. The van der Waals surface area contributed by atoms with Crippen LogP contribution < -0.4 is 10.1 Å². The van der Waals surface area contributed by atoms with E-state index in [0.29, 0.717) is 31.4 Å². The van der Waals surface area contributed by atoms with Gasteiger partial charge in [-0.25, -0.2) is 0 Å². The van der Waals surface area contributed by atoms with Gasteiger partial charge in [0, 0.05) is 4.87 Å². The van der Waals surface area contributed by atoms with Crippen LogP contribution in [0.1, 0.15) is 38.5 Å². The van der Waals surface area contributed by atoms with Gasteiger partial charge >= 0.3 is 5.97 Å². The smallest absolute Gasteiger partial charge is 0.312 e. The third-order valence-electron chi connectivity index (χ3n) is 6.19. The van der Waals surface area contributed by atoms with Crippen molar-refractivity contribution in [2.75, 3.05) is 19.8 Å². The molecule has 4 atom stereocenters. The minimum atomic E-state index is -0.470. The van der Waals surface area contributed by atoms with Crippen LogP contribution in [0.15, 0.2) is 30.3 Å². The van der Waals surface area contributed by atoms with Crippen molar-refractivity contribution in [2.45, 2.75) is 43.4 Å². The van der Waals surface area contributed by atoms with E-state index in [2.05, 4.69) is 5.32 Å². The molecule has 4 aliphatic rings. The lowest BCUT2D eigenvalue weighted by Crippen LogP contribution is -2.56. The molecule has 0 aromatic heterocycles. The van der Waals surface area contributed by atoms with Crippen LogP contribution >= 0.6 is 11.6 Å². The Hall–Kier alpha value is -1.75. The van der Waals surface area contributed by atoms with Crippen molar-refractivity contribution in [1.29, 1.82) is 0 Å². The second-order valence-electron chi connectivity index (χ2n) is 8.48. The van der Waals surface area contributed by atoms with Crippen LogP contribution in [0.3, 0.4) is 0 Å². The highest BCUT2D eigenvalue weighted by atomic mass is 35.5. The summed E-state index contributed by atoms with van der Waals surface area (Å²) in [6.45, 7) is 0.494. The number of rotatable bonds is 7. The zero-order valence-electron chi connectivity index (χ0n) is 15.4. The number of ether oxygens (including phenoxy) is 2. The molecule has 1 aromatic carbocycles. The number of amides is 1. The van der Waals surface area contributed by atoms with Crippen LogP contribution in [0.4, 0.5) is 0 Å². The highest BCUT2D eigenvalue weighted by molar-refractivity contribution is 6.24. The van der Waals surface area contributed by atoms with Crippen molar-refractivity contribution in [3.63, 3.8) is 0 Å². The van der Waals surface area contributed by atoms with Gasteiger partial charge in [-0.3, -0.25) is 9.59 Å². The second-order valence-corrected chi connectivity index (χ2v) is 9.28. The van der Waals surface area contributed by atoms with Crippen molar-refractivity contribution < 1.29 is 19.1 Å². The molecule has 0 aliphatic heterocycles. The van der Waals surface area contributed by atoms with Crippen LogP contribution in [-0.2, 0) is 14.3 Å². The number of hydrogen-bond donors (Lipinski definition) is 1. The van der Waals surface area contributed by atoms with Crippen molar-refractivity contribution >= 4 is 23.5 Å². The number of alkyl halides is 1. The first-order valence-corrected chi connectivity index (χ1v) is 10.1. The predicted octanol–water partition coefficient (Wildman–Crippen LogP) is 3.30. The van der Waals surface area contributed by atoms with Gasteiger partial charge in [-0.05, 0) is 62.5 Å². The highest BCUT2D eigenvalue weighted by Crippen LogP contribution is 2.64. The molecule has 146 valence electrons. The molecular weight excluding hydrogens is 366 g/mol. The maximum Gasteiger partial charge on any atom is 0.312 e. The Morgan fingerprint density at radius 3 is 2.48 bits per heavy atom. The maximum absolute atomic E-state index is 12.8. The lowest BCUT2D eigenvalue weighted by molar-refractivity contribution is -0.171. The van der Waals surface area contributed by atoms with E-state index in [-0.39, 0.29) is 23.4 Å². The largest absolute Gasteiger partial charge is 0.492 e. The lowest BCUT2D eigenvalue weighted by atomic mass is 9.49. The van der Waals surface area contributed by atoms with Crippen LogP contribution in [0.2, 0.25) is 0 Å². The summed E-state index contributed by atoms with van der Waals surface area (Å²) in [5.74, 6) is 1.28. The molecule has 5 nitrogen and oxygen atoms in total. The molecule has 2 unspecified atom stereocenters. The van der Waals surface area contributed by atoms with Crippen molar-refractivity contribution in [3.05, 3.63) is 30.3 Å². The summed E-state index contributed by atoms with van der Waals surface area (Å²) < 4.78 is 10.9. The Balaban J connectivity index is 1.21. The van der Waals surface area contributed by atoms with Gasteiger partial charge in [0.15, 0.2) is 6.61 Å². The fraction of sp³-hybridized carbons (Fsp3) is 0.619. The van der Waals surface area contributed by atoms with E-state index in [4.69, 9.17) is 21.1 Å². The van der Waals surface area contributed by atoms with Gasteiger partial charge in [-0.1, -0.05) is 18.2 Å². The summed E-state index contributed by atoms with van der Waals surface area (Å²) in [4.78, 5) is 24.5. The summed E-state index contributed by atoms with van der Waals surface area (Å²) in [7, 11) is 0. The molecule has 0 spiro atoms. The molecule has 4 aliphatic carbocycles. The number of nitrogens with one attached hydrogen (secondary N) is 1. The first-order valence-electron chi connectivity index (χ1n) is 9.77. The van der Waals surface area contributed by atoms with E-state index < -0.39 is 5.41 Å². The number of hydrogen-bond acceptors (Lipinski definition) is 4. The Labute approximate surface area is 164 Å². The molecule has 4 bridgehead atoms. The van der Waals surface area contributed by atoms with Gasteiger partial charge in [0.2, 0.25) is 0 Å². The normalized spacial score (nSPS) is 33.5. The molecule has 0 radical (unpaired) electrons. The zero-order valence-corrected chi connectivity index (χ0v) is 16.2. The van der Waals surface area contributed by atoms with E-state index >= 15 is 0 Å². The van der Waals surface area contributed by atoms with E-state index in [9.17, 15) is 9.59 Å². The second kappa shape index (κ2) is 7.34. The summed E-state index contributed by atoms with van der Waals surface area (Å²) >= 11 is 6.76. The number of esters is 1. The van der Waals surface area contributed by atoms with Crippen LogP contribution in [0.25, 0.3) is 0 Å². The molecule has 1 amide bonds. The molecule has 0 saturated heterocycles. The number of halogens is 1. The molecule has 4 fully saturated rings. The minimum absolute atomic E-state index is 0.236. The summed E-state index contributed by atoms with van der Waals surface area (Å²) in [6.07, 6.45) is 5.64. The number of para-hydroxylation sites is 1. The maximum atomic E-state index is 12.8. The number of carbonyl (C=O) groups excluding carboxylic acids is 2. The Morgan fingerprint density at radius 1 is 1.11 bits per heavy atom. The van der Waals surface area contributed by atoms with Crippen LogP contribution in [0.5, 0.6) is 5.75 Å². The lowest BCUT2D eigenvalue weighted by Gasteiger charge is -2.58. The van der Waals surface area contributed by atoms with Crippen LogP contribution in [0, 0.1) is 17.3 Å². The first kappa shape index (κ1) is 18.6. The SMILES string of the molecule is O=C(COC(=O)C12C[C@@H]3C[C@@H](CC(Cl)(C3)C1)C2)NCCOc1ccccc1. The molecule has 4 saturated carbocycles. The Kier molecular flexibility index (Phi) is 5.06. The Morgan fingerprint density at radius 2 is 1.81 bits per heavy atom. The van der Waals surface area contributed by atoms with Crippen molar-refractivity contribution in [1.82, 2.24) is 5.32 Å². The van der Waals surface area contributed by atoms with E-state index in [1.54, 1.807) is 0 Å². The molecule has 5 rings (SSSR count). The minimum Gasteiger partial charge on any atom is -0.492 e. The molecule has 27 heavy (non-hydrogen) atoms. The van der Waals surface area contributed by atoms with E-state index in [0.717, 1.165) is 31.4 Å². The molecular formula is C21H26ClNO4. The average molecular weight is 392 g/mol. The summed E-state index contributed by atoms with van der Waals surface area (Å²) in [5.41, 5.74) is -0.470. The topological polar surface area (TPSA) is 64.6 Å². The van der Waals surface area contributed by atoms with Gasteiger partial charge in [-0.2, -0.15) is 0 Å². The van der Waals surface area contributed by atoms with Gasteiger partial charge in [-0.15, -0.1) is 11.6 Å². The fourth-order valence-corrected chi connectivity index (χ4v) is 6.29. The third-order valence-corrected chi connectivity index (χ3v) is 6.64. The molecule has 1 N–H and O–H groups in total. The number of carbonyl (C=O) groups is 2. The predicted molar refractivity (Wildman–Crippen MR) is 102 cm³/mol.